The van der Waals surface area contributed by atoms with Crippen molar-refractivity contribution in [3.8, 4) is 22.3 Å². The quantitative estimate of drug-likeness (QED) is 0.231. The Morgan fingerprint density at radius 2 is 1.12 bits per heavy atom. The molecule has 0 bridgehead atoms. The Morgan fingerprint density at radius 1 is 0.512 bits per heavy atom. The number of aliphatic imine (C=N–C) groups is 2. The summed E-state index contributed by atoms with van der Waals surface area (Å²) in [6.07, 6.45) is -0.268. The molecule has 0 spiro atoms. The van der Waals surface area contributed by atoms with Crippen molar-refractivity contribution in [3.05, 3.63) is 168 Å². The third kappa shape index (κ3) is 4.69. The largest absolute Gasteiger partial charge is 0.456 e. The molecule has 4 heteroatoms. The van der Waals surface area contributed by atoms with Crippen molar-refractivity contribution in [1.29, 1.82) is 0 Å². The summed E-state index contributed by atoms with van der Waals surface area (Å²) in [7, 11) is 0. The van der Waals surface area contributed by atoms with Crippen molar-refractivity contribution in [2.75, 3.05) is 0 Å². The number of amidine groups is 2. The van der Waals surface area contributed by atoms with Crippen LogP contribution in [0, 0.1) is 0 Å². The van der Waals surface area contributed by atoms with Gasteiger partial charge in [0.2, 0.25) is 0 Å². The van der Waals surface area contributed by atoms with E-state index in [1.165, 1.54) is 11.1 Å². The number of nitrogens with zero attached hydrogens (tertiary/aromatic N) is 2. The minimum atomic E-state index is -0.268. The van der Waals surface area contributed by atoms with Crippen molar-refractivity contribution in [3.63, 3.8) is 0 Å². The van der Waals surface area contributed by atoms with Gasteiger partial charge in [0, 0.05) is 21.9 Å². The fourth-order valence-corrected chi connectivity index (χ4v) is 5.80. The summed E-state index contributed by atoms with van der Waals surface area (Å²) in [5.41, 5.74) is 9.39. The topological polar surface area (TPSA) is 49.9 Å². The monoisotopic (exact) mass is 553 g/mol. The van der Waals surface area contributed by atoms with Gasteiger partial charge in [-0.3, -0.25) is 0 Å². The van der Waals surface area contributed by atoms with Gasteiger partial charge in [0.1, 0.15) is 23.2 Å². The molecule has 1 unspecified atom stereocenters. The van der Waals surface area contributed by atoms with Crippen molar-refractivity contribution >= 4 is 33.6 Å². The van der Waals surface area contributed by atoms with Gasteiger partial charge in [-0.25, -0.2) is 9.98 Å². The Bertz CT molecular complexity index is 2130. The number of nitrogens with one attached hydrogen (secondary N) is 1. The maximum atomic E-state index is 6.36. The lowest BCUT2D eigenvalue weighted by atomic mass is 9.98. The lowest BCUT2D eigenvalue weighted by Gasteiger charge is -2.23. The molecule has 7 aromatic rings. The van der Waals surface area contributed by atoms with E-state index in [1.54, 1.807) is 0 Å². The number of rotatable bonds is 5. The second kappa shape index (κ2) is 10.6. The second-order valence-corrected chi connectivity index (χ2v) is 10.7. The summed E-state index contributed by atoms with van der Waals surface area (Å²) in [5, 5.41) is 5.61. The summed E-state index contributed by atoms with van der Waals surface area (Å²) in [6, 6.07) is 52.2. The van der Waals surface area contributed by atoms with Crippen LogP contribution in [0.5, 0.6) is 0 Å². The molecule has 1 aliphatic heterocycles. The molecule has 8 rings (SSSR count). The van der Waals surface area contributed by atoms with E-state index in [-0.39, 0.29) is 6.17 Å². The van der Waals surface area contributed by atoms with Crippen LogP contribution in [0.3, 0.4) is 0 Å². The van der Waals surface area contributed by atoms with Gasteiger partial charge in [0.05, 0.1) is 0 Å². The van der Waals surface area contributed by atoms with Crippen LogP contribution in [-0.2, 0) is 0 Å². The first-order chi connectivity index (χ1) is 21.3. The van der Waals surface area contributed by atoms with Crippen LogP contribution < -0.4 is 5.32 Å². The van der Waals surface area contributed by atoms with E-state index in [2.05, 4.69) is 102 Å². The number of hydrogen-bond donors (Lipinski definition) is 1. The highest BCUT2D eigenvalue weighted by Crippen LogP contribution is 2.36. The fourth-order valence-electron chi connectivity index (χ4n) is 5.80. The van der Waals surface area contributed by atoms with Crippen molar-refractivity contribution in [2.45, 2.75) is 6.17 Å². The first-order valence-corrected chi connectivity index (χ1v) is 14.5. The zero-order chi connectivity index (χ0) is 28.6. The Balaban J connectivity index is 1.26. The third-order valence-corrected chi connectivity index (χ3v) is 7.97. The fraction of sp³-hybridized carbons (Fsp3) is 0.0256. The number of benzene rings is 6. The molecule has 0 fully saturated rings. The molecule has 1 aliphatic rings. The van der Waals surface area contributed by atoms with Crippen LogP contribution in [0.1, 0.15) is 22.9 Å². The molecule has 0 saturated carbocycles. The zero-order valence-corrected chi connectivity index (χ0v) is 23.3. The highest BCUT2D eigenvalue weighted by atomic mass is 16.3. The third-order valence-electron chi connectivity index (χ3n) is 7.97. The van der Waals surface area contributed by atoms with E-state index in [1.807, 2.05) is 54.6 Å². The molecule has 1 aromatic heterocycles. The van der Waals surface area contributed by atoms with Gasteiger partial charge >= 0.3 is 0 Å². The van der Waals surface area contributed by atoms with Crippen LogP contribution in [-0.4, -0.2) is 11.7 Å². The van der Waals surface area contributed by atoms with E-state index in [0.29, 0.717) is 5.84 Å². The molecule has 0 radical (unpaired) electrons. The van der Waals surface area contributed by atoms with E-state index >= 15 is 0 Å². The van der Waals surface area contributed by atoms with Crippen molar-refractivity contribution in [2.24, 2.45) is 9.98 Å². The highest BCUT2D eigenvalue weighted by molar-refractivity contribution is 6.22. The van der Waals surface area contributed by atoms with Crippen molar-refractivity contribution in [1.82, 2.24) is 5.32 Å². The molecular weight excluding hydrogens is 526 g/mol. The van der Waals surface area contributed by atoms with Gasteiger partial charge < -0.3 is 9.73 Å². The van der Waals surface area contributed by atoms with Gasteiger partial charge in [-0.1, -0.05) is 133 Å². The van der Waals surface area contributed by atoms with Gasteiger partial charge in [-0.15, -0.1) is 0 Å². The molecule has 6 aromatic carbocycles. The molecule has 43 heavy (non-hydrogen) atoms. The van der Waals surface area contributed by atoms with Crippen LogP contribution in [0.25, 0.3) is 44.2 Å². The predicted octanol–water partition coefficient (Wildman–Crippen LogP) is 9.42. The molecule has 4 nitrogen and oxygen atoms in total. The summed E-state index contributed by atoms with van der Waals surface area (Å²) < 4.78 is 6.36. The average molecular weight is 554 g/mol. The van der Waals surface area contributed by atoms with Gasteiger partial charge in [-0.2, -0.15) is 0 Å². The van der Waals surface area contributed by atoms with E-state index in [9.17, 15) is 0 Å². The van der Waals surface area contributed by atoms with Crippen LogP contribution in [0.2, 0.25) is 0 Å². The standard InChI is InChI=1S/C39H27N3O/c1-4-11-26(12-5-1)27-19-21-28(22-20-27)31-23-24-34-33(25-31)36-32(17-10-18-35(36)43-34)39-41-37(29-13-6-2-7-14-29)40-38(42-39)30-15-8-3-9-16-30/h1-25,37H,(H,40,41,42). The van der Waals surface area contributed by atoms with E-state index in [4.69, 9.17) is 14.4 Å². The first kappa shape index (κ1) is 25.0. The van der Waals surface area contributed by atoms with Crippen LogP contribution >= 0.6 is 0 Å². The Morgan fingerprint density at radius 3 is 1.84 bits per heavy atom. The summed E-state index contributed by atoms with van der Waals surface area (Å²) in [6.45, 7) is 0. The lowest BCUT2D eigenvalue weighted by molar-refractivity contribution is 0.668. The van der Waals surface area contributed by atoms with E-state index < -0.39 is 0 Å². The lowest BCUT2D eigenvalue weighted by Crippen LogP contribution is -2.33. The molecule has 0 amide bonds. The number of furan rings is 1. The van der Waals surface area contributed by atoms with Gasteiger partial charge in [0.15, 0.2) is 5.84 Å². The first-order valence-electron chi connectivity index (χ1n) is 14.5. The summed E-state index contributed by atoms with van der Waals surface area (Å²) in [4.78, 5) is 10.2. The predicted molar refractivity (Wildman–Crippen MR) is 176 cm³/mol. The summed E-state index contributed by atoms with van der Waals surface area (Å²) >= 11 is 0. The summed E-state index contributed by atoms with van der Waals surface area (Å²) in [5.74, 6) is 1.47. The minimum absolute atomic E-state index is 0.268. The average Bonchev–Trinajstić information content (AvgIpc) is 3.47. The zero-order valence-electron chi connectivity index (χ0n) is 23.3. The number of hydrogen-bond acceptors (Lipinski definition) is 4. The number of fused-ring (bicyclic) bond motifs is 3. The Kier molecular flexibility index (Phi) is 6.16. The highest BCUT2D eigenvalue weighted by Gasteiger charge is 2.23. The second-order valence-electron chi connectivity index (χ2n) is 10.7. The molecule has 204 valence electrons. The smallest absolute Gasteiger partial charge is 0.160 e. The SMILES string of the molecule is c1ccc(C2=NC(c3cccc4oc5ccc(-c6ccc(-c7ccccc7)cc6)cc5c34)=NC(c3ccccc3)N2)cc1. The Labute approximate surface area is 249 Å². The molecule has 0 aliphatic carbocycles. The van der Waals surface area contributed by atoms with Gasteiger partial charge in [0.25, 0.3) is 0 Å². The Hall–Kier alpha value is -5.74. The van der Waals surface area contributed by atoms with Crippen LogP contribution in [0.4, 0.5) is 0 Å². The van der Waals surface area contributed by atoms with Gasteiger partial charge in [-0.05, 0) is 46.0 Å². The molecule has 2 heterocycles. The maximum absolute atomic E-state index is 6.36. The van der Waals surface area contributed by atoms with Crippen LogP contribution in [0.15, 0.2) is 166 Å². The van der Waals surface area contributed by atoms with Crippen molar-refractivity contribution < 1.29 is 4.42 Å². The molecule has 1 atom stereocenters. The maximum Gasteiger partial charge on any atom is 0.160 e. The molecular formula is C39H27N3O. The van der Waals surface area contributed by atoms with E-state index in [0.717, 1.165) is 55.6 Å². The molecule has 1 N–H and O–H groups in total. The normalized spacial score (nSPS) is 14.7. The molecule has 0 saturated heterocycles. The minimum Gasteiger partial charge on any atom is -0.456 e.